The summed E-state index contributed by atoms with van der Waals surface area (Å²) in [4.78, 5) is 26.9. The Balaban J connectivity index is 1.33. The van der Waals surface area contributed by atoms with Gasteiger partial charge in [-0.05, 0) is 68.6 Å². The molecule has 33 heavy (non-hydrogen) atoms. The monoisotopic (exact) mass is 598 g/mol. The Kier molecular flexibility index (Phi) is 6.62. The second kappa shape index (κ2) is 9.49. The molecule has 5 rings (SSSR count). The third kappa shape index (κ3) is 5.19. The topological polar surface area (TPSA) is 91.3 Å². The third-order valence-corrected chi connectivity index (χ3v) is 9.24. The van der Waals surface area contributed by atoms with Crippen LogP contribution in [0.4, 0.5) is 10.8 Å². The summed E-state index contributed by atoms with van der Waals surface area (Å²) in [6, 6.07) is 2.03. The number of hydrogen-bond donors (Lipinski definition) is 3. The van der Waals surface area contributed by atoms with Crippen molar-refractivity contribution in [3.8, 4) is 0 Å². The second-order valence-corrected chi connectivity index (χ2v) is 11.6. The Bertz CT molecular complexity index is 1090. The molecule has 2 amide bonds. The largest absolute Gasteiger partial charge is 0.359 e. The van der Waals surface area contributed by atoms with Gasteiger partial charge in [-0.2, -0.15) is 5.10 Å². The molecule has 3 aliphatic rings. The van der Waals surface area contributed by atoms with Gasteiger partial charge in [0.25, 0.3) is 5.91 Å². The summed E-state index contributed by atoms with van der Waals surface area (Å²) in [5.41, 5.74) is 1.70. The number of nitrogens with one attached hydrogen (secondary N) is 3. The highest BCUT2D eigenvalue weighted by Crippen LogP contribution is 2.40. The third-order valence-electron chi connectivity index (χ3n) is 6.42. The van der Waals surface area contributed by atoms with Gasteiger partial charge < -0.3 is 16.0 Å². The van der Waals surface area contributed by atoms with E-state index in [1.54, 1.807) is 22.2 Å². The number of amides is 2. The van der Waals surface area contributed by atoms with Gasteiger partial charge in [-0.1, -0.05) is 0 Å². The molecule has 2 fully saturated rings. The molecule has 2 saturated carbocycles. The first-order valence-electron chi connectivity index (χ1n) is 11.4. The zero-order valence-corrected chi connectivity index (χ0v) is 22.2. The minimum atomic E-state index is -0.0703. The fourth-order valence-electron chi connectivity index (χ4n) is 4.14. The number of thiophene rings is 1. The SMILES string of the molecule is Cn1nccc1N(I)C(=S)N[C@H]1CCc2sc(NC(=O)C3CC3)c(C(=O)NCC3CC3)c2C1. The maximum Gasteiger partial charge on any atom is 0.254 e. The van der Waals surface area contributed by atoms with Crippen LogP contribution in [0.25, 0.3) is 0 Å². The lowest BCUT2D eigenvalue weighted by Gasteiger charge is -2.27. The zero-order valence-electron chi connectivity index (χ0n) is 18.4. The molecule has 8 nitrogen and oxygen atoms in total. The number of halogens is 1. The summed E-state index contributed by atoms with van der Waals surface area (Å²) in [5, 5.41) is 15.2. The van der Waals surface area contributed by atoms with Crippen LogP contribution in [0.1, 0.15) is 52.9 Å². The van der Waals surface area contributed by atoms with E-state index in [4.69, 9.17) is 12.2 Å². The van der Waals surface area contributed by atoms with Crippen LogP contribution < -0.4 is 19.1 Å². The highest BCUT2D eigenvalue weighted by atomic mass is 127. The van der Waals surface area contributed by atoms with E-state index in [-0.39, 0.29) is 23.8 Å². The Morgan fingerprint density at radius 1 is 1.30 bits per heavy atom. The molecule has 0 saturated heterocycles. The molecule has 3 aliphatic carbocycles. The molecule has 0 aliphatic heterocycles. The molecule has 0 spiro atoms. The number of hydrogen-bond acceptors (Lipinski definition) is 5. The van der Waals surface area contributed by atoms with Gasteiger partial charge in [0.1, 0.15) is 10.8 Å². The Labute approximate surface area is 216 Å². The molecular weight excluding hydrogens is 571 g/mol. The summed E-state index contributed by atoms with van der Waals surface area (Å²) in [5.74, 6) is 1.56. The Morgan fingerprint density at radius 2 is 2.09 bits per heavy atom. The summed E-state index contributed by atoms with van der Waals surface area (Å²) in [6.07, 6.45) is 8.46. The van der Waals surface area contributed by atoms with Crippen molar-refractivity contribution in [3.63, 3.8) is 0 Å². The van der Waals surface area contributed by atoms with Crippen molar-refractivity contribution in [1.82, 2.24) is 20.4 Å². The van der Waals surface area contributed by atoms with Crippen LogP contribution in [0.15, 0.2) is 12.3 Å². The van der Waals surface area contributed by atoms with E-state index in [2.05, 4.69) is 43.9 Å². The number of nitrogens with zero attached hydrogens (tertiary/aromatic N) is 3. The van der Waals surface area contributed by atoms with Gasteiger partial charge in [0.15, 0.2) is 5.11 Å². The fourth-order valence-corrected chi connectivity index (χ4v) is 6.25. The van der Waals surface area contributed by atoms with Crippen molar-refractivity contribution >= 4 is 74.2 Å². The number of aromatic nitrogens is 2. The van der Waals surface area contributed by atoms with Gasteiger partial charge in [-0.15, -0.1) is 11.3 Å². The minimum absolute atomic E-state index is 0.0393. The number of carbonyl (C=O) groups is 2. The second-order valence-electron chi connectivity index (χ2n) is 9.11. The molecule has 0 aromatic carbocycles. The molecule has 0 radical (unpaired) electrons. The number of carbonyl (C=O) groups excluding carboxylic acids is 2. The van der Waals surface area contributed by atoms with Crippen LogP contribution in [0.2, 0.25) is 0 Å². The first-order valence-corrected chi connectivity index (χ1v) is 13.6. The molecule has 2 aromatic heterocycles. The lowest BCUT2D eigenvalue weighted by molar-refractivity contribution is -0.117. The van der Waals surface area contributed by atoms with E-state index >= 15 is 0 Å². The zero-order chi connectivity index (χ0) is 23.1. The molecule has 2 heterocycles. The highest BCUT2D eigenvalue weighted by Gasteiger charge is 2.34. The van der Waals surface area contributed by atoms with Crippen LogP contribution in [-0.2, 0) is 24.7 Å². The number of fused-ring (bicyclic) bond motifs is 1. The number of rotatable bonds is 7. The standard InChI is InChI=1S/C22H27IN6O2S2/c1-28-17(8-9-25-28)29(23)22(32)26-14-6-7-16-15(10-14)18(20(31)24-11-12-2-3-12)21(33-16)27-19(30)13-4-5-13/h8-9,12-14H,2-7,10-11H2,1H3,(H,24,31)(H,26,32)(H,27,30)/t14-/m0/s1. The maximum absolute atomic E-state index is 13.2. The van der Waals surface area contributed by atoms with Gasteiger partial charge >= 0.3 is 0 Å². The van der Waals surface area contributed by atoms with Gasteiger partial charge in [0, 0.05) is 36.5 Å². The van der Waals surface area contributed by atoms with E-state index in [0.717, 1.165) is 37.1 Å². The van der Waals surface area contributed by atoms with Crippen LogP contribution in [0.3, 0.4) is 0 Å². The van der Waals surface area contributed by atoms with Crippen LogP contribution in [0, 0.1) is 11.8 Å². The summed E-state index contributed by atoms with van der Waals surface area (Å²) >= 11 is 9.40. The number of thiocarbonyl (C=S) groups is 1. The van der Waals surface area contributed by atoms with Crippen molar-refractivity contribution in [2.75, 3.05) is 15.0 Å². The van der Waals surface area contributed by atoms with Crippen molar-refractivity contribution in [1.29, 1.82) is 0 Å². The van der Waals surface area contributed by atoms with Gasteiger partial charge in [-0.3, -0.25) is 14.3 Å². The first kappa shape index (κ1) is 23.0. The van der Waals surface area contributed by atoms with E-state index in [0.29, 0.717) is 34.6 Å². The Morgan fingerprint density at radius 3 is 2.76 bits per heavy atom. The predicted molar refractivity (Wildman–Crippen MR) is 142 cm³/mol. The molecule has 176 valence electrons. The molecule has 1 atom stereocenters. The fraction of sp³-hybridized carbons (Fsp3) is 0.545. The average Bonchev–Trinajstić information content (AvgIpc) is 3.72. The minimum Gasteiger partial charge on any atom is -0.359 e. The molecule has 3 N–H and O–H groups in total. The summed E-state index contributed by atoms with van der Waals surface area (Å²) < 4.78 is 3.66. The maximum atomic E-state index is 13.2. The van der Waals surface area contributed by atoms with Crippen LogP contribution >= 0.6 is 46.4 Å². The smallest absolute Gasteiger partial charge is 0.254 e. The predicted octanol–water partition coefficient (Wildman–Crippen LogP) is 3.56. The van der Waals surface area contributed by atoms with E-state index in [1.807, 2.05) is 16.2 Å². The van der Waals surface area contributed by atoms with E-state index in [1.165, 1.54) is 17.7 Å². The average molecular weight is 599 g/mol. The Hall–Kier alpha value is -1.73. The molecule has 11 heteroatoms. The normalized spacial score (nSPS) is 19.5. The number of aryl methyl sites for hydroxylation is 2. The van der Waals surface area contributed by atoms with Crippen molar-refractivity contribution in [2.24, 2.45) is 18.9 Å². The first-order chi connectivity index (χ1) is 15.9. The van der Waals surface area contributed by atoms with Crippen molar-refractivity contribution in [2.45, 2.75) is 51.0 Å². The lowest BCUT2D eigenvalue weighted by Crippen LogP contribution is -2.43. The van der Waals surface area contributed by atoms with Crippen LogP contribution in [0.5, 0.6) is 0 Å². The van der Waals surface area contributed by atoms with Gasteiger partial charge in [0.2, 0.25) is 5.91 Å². The molecule has 0 bridgehead atoms. The van der Waals surface area contributed by atoms with E-state index in [9.17, 15) is 9.59 Å². The summed E-state index contributed by atoms with van der Waals surface area (Å²) in [6.45, 7) is 0.708. The van der Waals surface area contributed by atoms with E-state index < -0.39 is 0 Å². The van der Waals surface area contributed by atoms with Gasteiger partial charge in [-0.25, -0.2) is 3.11 Å². The van der Waals surface area contributed by atoms with Crippen molar-refractivity contribution in [3.05, 3.63) is 28.3 Å². The molecule has 2 aromatic rings. The molecular formula is C22H27IN6O2S2. The molecule has 0 unspecified atom stereocenters. The quantitative estimate of drug-likeness (QED) is 0.257. The van der Waals surface area contributed by atoms with Crippen LogP contribution in [-0.4, -0.2) is 39.3 Å². The lowest BCUT2D eigenvalue weighted by atomic mass is 9.91. The highest BCUT2D eigenvalue weighted by molar-refractivity contribution is 14.1. The van der Waals surface area contributed by atoms with Gasteiger partial charge in [0.05, 0.1) is 34.6 Å². The summed E-state index contributed by atoms with van der Waals surface area (Å²) in [7, 11) is 1.88. The van der Waals surface area contributed by atoms with Crippen molar-refractivity contribution < 1.29 is 9.59 Å². The number of anilines is 2.